The standard InChI is InChI=1S/C15H23FN2O/c1-18(2)8-3-9-19-15-7-4-13(16)10-12(15)11-17-14-5-6-14/h4,7,10,14,17H,3,5-6,8-9,11H2,1-2H3. The van der Waals surface area contributed by atoms with E-state index in [1.165, 1.54) is 18.9 Å². The predicted octanol–water partition coefficient (Wildman–Crippen LogP) is 2.41. The molecule has 1 saturated carbocycles. The minimum Gasteiger partial charge on any atom is -0.493 e. The largest absolute Gasteiger partial charge is 0.493 e. The van der Waals surface area contributed by atoms with Crippen LogP contribution in [0.2, 0.25) is 0 Å². The Morgan fingerprint density at radius 3 is 2.84 bits per heavy atom. The van der Waals surface area contributed by atoms with Gasteiger partial charge in [-0.05, 0) is 51.6 Å². The molecular weight excluding hydrogens is 243 g/mol. The summed E-state index contributed by atoms with van der Waals surface area (Å²) in [4.78, 5) is 2.13. The lowest BCUT2D eigenvalue weighted by atomic mass is 10.2. The highest BCUT2D eigenvalue weighted by atomic mass is 19.1. The summed E-state index contributed by atoms with van der Waals surface area (Å²) in [6, 6.07) is 5.37. The van der Waals surface area contributed by atoms with E-state index in [2.05, 4.69) is 10.2 Å². The lowest BCUT2D eigenvalue weighted by Gasteiger charge is -2.14. The van der Waals surface area contributed by atoms with E-state index in [0.717, 1.165) is 24.3 Å². The molecule has 0 aliphatic heterocycles. The number of hydrogen-bond acceptors (Lipinski definition) is 3. The molecule has 106 valence electrons. The molecule has 1 aromatic rings. The molecule has 2 rings (SSSR count). The van der Waals surface area contributed by atoms with E-state index in [1.54, 1.807) is 12.1 Å². The first-order chi connectivity index (χ1) is 9.15. The second kappa shape index (κ2) is 6.87. The number of benzene rings is 1. The Morgan fingerprint density at radius 2 is 2.16 bits per heavy atom. The van der Waals surface area contributed by atoms with Gasteiger partial charge in [0.2, 0.25) is 0 Å². The van der Waals surface area contributed by atoms with Crippen LogP contribution in [0.5, 0.6) is 5.75 Å². The number of nitrogens with one attached hydrogen (secondary N) is 1. The van der Waals surface area contributed by atoms with Crippen LogP contribution in [0.3, 0.4) is 0 Å². The van der Waals surface area contributed by atoms with Gasteiger partial charge in [-0.25, -0.2) is 4.39 Å². The average Bonchev–Trinajstić information content (AvgIpc) is 3.17. The lowest BCUT2D eigenvalue weighted by Crippen LogP contribution is -2.18. The van der Waals surface area contributed by atoms with Gasteiger partial charge in [-0.15, -0.1) is 0 Å². The number of rotatable bonds is 8. The quantitative estimate of drug-likeness (QED) is 0.731. The molecule has 1 aliphatic rings. The summed E-state index contributed by atoms with van der Waals surface area (Å²) in [5, 5.41) is 3.39. The van der Waals surface area contributed by atoms with Crippen LogP contribution in [0.15, 0.2) is 18.2 Å². The Kier molecular flexibility index (Phi) is 5.16. The Morgan fingerprint density at radius 1 is 1.37 bits per heavy atom. The normalized spacial score (nSPS) is 14.9. The average molecular weight is 266 g/mol. The third-order valence-electron chi connectivity index (χ3n) is 3.19. The van der Waals surface area contributed by atoms with E-state index in [0.29, 0.717) is 19.2 Å². The van der Waals surface area contributed by atoms with E-state index in [-0.39, 0.29) is 5.82 Å². The van der Waals surface area contributed by atoms with Gasteiger partial charge in [0.05, 0.1) is 6.61 Å². The summed E-state index contributed by atoms with van der Waals surface area (Å²) in [6.07, 6.45) is 3.43. The van der Waals surface area contributed by atoms with Crippen molar-refractivity contribution in [1.82, 2.24) is 10.2 Å². The molecule has 0 heterocycles. The molecule has 0 spiro atoms. The maximum Gasteiger partial charge on any atom is 0.123 e. The van der Waals surface area contributed by atoms with Crippen LogP contribution in [-0.4, -0.2) is 38.2 Å². The molecule has 4 heteroatoms. The summed E-state index contributed by atoms with van der Waals surface area (Å²) >= 11 is 0. The Hall–Kier alpha value is -1.13. The molecule has 1 fully saturated rings. The highest BCUT2D eigenvalue weighted by molar-refractivity contribution is 5.34. The molecule has 0 amide bonds. The monoisotopic (exact) mass is 266 g/mol. The van der Waals surface area contributed by atoms with E-state index >= 15 is 0 Å². The van der Waals surface area contributed by atoms with Crippen LogP contribution in [0.4, 0.5) is 4.39 Å². The molecule has 1 aromatic carbocycles. The summed E-state index contributed by atoms with van der Waals surface area (Å²) in [5.74, 6) is 0.599. The van der Waals surface area contributed by atoms with Gasteiger partial charge >= 0.3 is 0 Å². The minimum absolute atomic E-state index is 0.201. The van der Waals surface area contributed by atoms with Crippen LogP contribution in [-0.2, 0) is 6.54 Å². The van der Waals surface area contributed by atoms with E-state index in [1.807, 2.05) is 14.1 Å². The fraction of sp³-hybridized carbons (Fsp3) is 0.600. The van der Waals surface area contributed by atoms with E-state index < -0.39 is 0 Å². The Bertz CT molecular complexity index is 405. The maximum absolute atomic E-state index is 13.3. The van der Waals surface area contributed by atoms with Gasteiger partial charge in [0.1, 0.15) is 11.6 Å². The second-order valence-electron chi connectivity index (χ2n) is 5.41. The van der Waals surface area contributed by atoms with Gasteiger partial charge in [-0.3, -0.25) is 0 Å². The zero-order chi connectivity index (χ0) is 13.7. The predicted molar refractivity (Wildman–Crippen MR) is 74.9 cm³/mol. The summed E-state index contributed by atoms with van der Waals surface area (Å²) in [7, 11) is 4.09. The van der Waals surface area contributed by atoms with Crippen molar-refractivity contribution in [3.8, 4) is 5.75 Å². The van der Waals surface area contributed by atoms with Crippen molar-refractivity contribution in [2.45, 2.75) is 31.8 Å². The SMILES string of the molecule is CN(C)CCCOc1ccc(F)cc1CNC1CC1. The highest BCUT2D eigenvalue weighted by Gasteiger charge is 2.20. The molecule has 0 radical (unpaired) electrons. The smallest absolute Gasteiger partial charge is 0.123 e. The molecular formula is C15H23FN2O. The van der Waals surface area contributed by atoms with Crippen LogP contribution in [0.25, 0.3) is 0 Å². The third-order valence-corrected chi connectivity index (χ3v) is 3.19. The van der Waals surface area contributed by atoms with Crippen molar-refractivity contribution in [2.24, 2.45) is 0 Å². The molecule has 0 atom stereocenters. The van der Waals surface area contributed by atoms with Crippen molar-refractivity contribution >= 4 is 0 Å². The lowest BCUT2D eigenvalue weighted by molar-refractivity contribution is 0.278. The maximum atomic E-state index is 13.3. The van der Waals surface area contributed by atoms with Crippen LogP contribution in [0, 0.1) is 5.82 Å². The second-order valence-corrected chi connectivity index (χ2v) is 5.41. The third kappa shape index (κ3) is 5.17. The van der Waals surface area contributed by atoms with Gasteiger partial charge in [0, 0.05) is 24.7 Å². The Balaban J connectivity index is 1.85. The number of nitrogens with zero attached hydrogens (tertiary/aromatic N) is 1. The van der Waals surface area contributed by atoms with Gasteiger partial charge in [-0.2, -0.15) is 0 Å². The number of hydrogen-bond donors (Lipinski definition) is 1. The molecule has 0 saturated heterocycles. The van der Waals surface area contributed by atoms with Gasteiger partial charge in [0.25, 0.3) is 0 Å². The van der Waals surface area contributed by atoms with Crippen molar-refractivity contribution in [3.63, 3.8) is 0 Å². The van der Waals surface area contributed by atoms with E-state index in [4.69, 9.17) is 4.74 Å². The zero-order valence-corrected chi connectivity index (χ0v) is 11.8. The molecule has 1 N–H and O–H groups in total. The van der Waals surface area contributed by atoms with Gasteiger partial charge < -0.3 is 15.0 Å². The first-order valence-corrected chi connectivity index (χ1v) is 6.94. The van der Waals surface area contributed by atoms with Crippen LogP contribution >= 0.6 is 0 Å². The molecule has 1 aliphatic carbocycles. The number of halogens is 1. The fourth-order valence-electron chi connectivity index (χ4n) is 1.93. The Labute approximate surface area is 114 Å². The summed E-state index contributed by atoms with van der Waals surface area (Å²) < 4.78 is 19.1. The molecule has 0 unspecified atom stereocenters. The highest BCUT2D eigenvalue weighted by Crippen LogP contribution is 2.23. The molecule has 19 heavy (non-hydrogen) atoms. The first kappa shape index (κ1) is 14.3. The number of ether oxygens (including phenoxy) is 1. The minimum atomic E-state index is -0.201. The topological polar surface area (TPSA) is 24.5 Å². The van der Waals surface area contributed by atoms with Crippen LogP contribution in [0.1, 0.15) is 24.8 Å². The first-order valence-electron chi connectivity index (χ1n) is 6.94. The van der Waals surface area contributed by atoms with Crippen molar-refractivity contribution in [3.05, 3.63) is 29.6 Å². The van der Waals surface area contributed by atoms with Gasteiger partial charge in [-0.1, -0.05) is 0 Å². The van der Waals surface area contributed by atoms with Crippen molar-refractivity contribution in [1.29, 1.82) is 0 Å². The van der Waals surface area contributed by atoms with Crippen molar-refractivity contribution in [2.75, 3.05) is 27.2 Å². The zero-order valence-electron chi connectivity index (χ0n) is 11.8. The van der Waals surface area contributed by atoms with Crippen LogP contribution < -0.4 is 10.1 Å². The molecule has 0 aromatic heterocycles. The van der Waals surface area contributed by atoms with E-state index in [9.17, 15) is 4.39 Å². The fourth-order valence-corrected chi connectivity index (χ4v) is 1.93. The molecule has 0 bridgehead atoms. The summed E-state index contributed by atoms with van der Waals surface area (Å²) in [5.41, 5.74) is 0.914. The van der Waals surface area contributed by atoms with Crippen molar-refractivity contribution < 1.29 is 9.13 Å². The summed E-state index contributed by atoms with van der Waals surface area (Å²) in [6.45, 7) is 2.35. The van der Waals surface area contributed by atoms with Gasteiger partial charge in [0.15, 0.2) is 0 Å². The molecule has 3 nitrogen and oxygen atoms in total.